The van der Waals surface area contributed by atoms with Crippen molar-refractivity contribution in [2.75, 3.05) is 0 Å². The number of aryl methyl sites for hydroxylation is 1. The lowest BCUT2D eigenvalue weighted by atomic mass is 10.0. The van der Waals surface area contributed by atoms with Gasteiger partial charge >= 0.3 is 0 Å². The molecule has 1 nitrogen and oxygen atoms in total. The molecule has 1 heteroatoms. The first-order chi connectivity index (χ1) is 14.8. The van der Waals surface area contributed by atoms with Crippen LogP contribution in [0.4, 0.5) is 0 Å². The molecule has 30 heavy (non-hydrogen) atoms. The number of rotatable bonds is 16. The Labute approximate surface area is 186 Å². The third kappa shape index (κ3) is 17.1. The smallest absolute Gasteiger partial charge is 0.115 e. The van der Waals surface area contributed by atoms with Crippen LogP contribution in [0.1, 0.15) is 109 Å². The van der Waals surface area contributed by atoms with Gasteiger partial charge in [0, 0.05) is 0 Å². The summed E-state index contributed by atoms with van der Waals surface area (Å²) in [4.78, 5) is 0. The van der Waals surface area contributed by atoms with Crippen molar-refractivity contribution in [1.29, 1.82) is 0 Å². The van der Waals surface area contributed by atoms with E-state index in [4.69, 9.17) is 5.11 Å². The van der Waals surface area contributed by atoms with Gasteiger partial charge in [-0.25, -0.2) is 0 Å². The van der Waals surface area contributed by atoms with Crippen LogP contribution >= 0.6 is 0 Å². The Balaban J connectivity index is 0.000000539. The molecule has 0 aliphatic carbocycles. The van der Waals surface area contributed by atoms with Crippen LogP contribution in [0.15, 0.2) is 60.7 Å². The number of hydrogen-bond donors (Lipinski definition) is 1. The quantitative estimate of drug-likeness (QED) is 0.273. The molecule has 0 atom stereocenters. The largest absolute Gasteiger partial charge is 0.508 e. The number of benzene rings is 2. The highest BCUT2D eigenvalue weighted by molar-refractivity contribution is 5.18. The molecular formula is C29H46O. The highest BCUT2D eigenvalue weighted by atomic mass is 16.3. The van der Waals surface area contributed by atoms with Gasteiger partial charge in [0.1, 0.15) is 5.75 Å². The third-order valence-corrected chi connectivity index (χ3v) is 5.67. The van der Waals surface area contributed by atoms with E-state index < -0.39 is 0 Å². The molecule has 0 radical (unpaired) electrons. The topological polar surface area (TPSA) is 20.2 Å². The first-order valence-electron chi connectivity index (χ1n) is 12.6. The van der Waals surface area contributed by atoms with E-state index in [1.54, 1.807) is 24.3 Å². The van der Waals surface area contributed by atoms with Crippen LogP contribution in [0.2, 0.25) is 0 Å². The molecule has 1 N–H and O–H groups in total. The fourth-order valence-electron chi connectivity index (χ4n) is 3.77. The number of aromatic hydroxyl groups is 1. The maximum atomic E-state index is 8.63. The van der Waals surface area contributed by atoms with Crippen LogP contribution in [-0.2, 0) is 6.42 Å². The lowest BCUT2D eigenvalue weighted by molar-refractivity contribution is 0.475. The van der Waals surface area contributed by atoms with Crippen molar-refractivity contribution in [1.82, 2.24) is 0 Å². The minimum Gasteiger partial charge on any atom is -0.508 e. The van der Waals surface area contributed by atoms with Crippen molar-refractivity contribution in [2.24, 2.45) is 0 Å². The molecule has 0 bridgehead atoms. The van der Waals surface area contributed by atoms with E-state index in [2.05, 4.69) is 37.3 Å². The third-order valence-electron chi connectivity index (χ3n) is 5.67. The van der Waals surface area contributed by atoms with Gasteiger partial charge in [0.2, 0.25) is 0 Å². The summed E-state index contributed by atoms with van der Waals surface area (Å²) < 4.78 is 0. The van der Waals surface area contributed by atoms with Gasteiger partial charge in [0.15, 0.2) is 0 Å². The van der Waals surface area contributed by atoms with E-state index in [-0.39, 0.29) is 0 Å². The summed E-state index contributed by atoms with van der Waals surface area (Å²) >= 11 is 0. The molecule has 2 aromatic rings. The van der Waals surface area contributed by atoms with E-state index in [0.717, 1.165) is 0 Å². The van der Waals surface area contributed by atoms with E-state index in [1.165, 1.54) is 108 Å². The number of phenols is 1. The molecule has 0 spiro atoms. The summed E-state index contributed by atoms with van der Waals surface area (Å²) in [5, 5.41) is 8.63. The lowest BCUT2D eigenvalue weighted by Crippen LogP contribution is -1.86. The molecule has 0 saturated carbocycles. The van der Waals surface area contributed by atoms with Crippen molar-refractivity contribution in [3.8, 4) is 5.75 Å². The number of phenolic OH excluding ortho intramolecular Hbond substituents is 1. The highest BCUT2D eigenvalue weighted by Crippen LogP contribution is 2.14. The Bertz CT molecular complexity index is 563. The molecule has 0 unspecified atom stereocenters. The van der Waals surface area contributed by atoms with Gasteiger partial charge in [-0.2, -0.15) is 0 Å². The average Bonchev–Trinajstić information content (AvgIpc) is 2.78. The first kappa shape index (κ1) is 26.3. The van der Waals surface area contributed by atoms with Crippen LogP contribution in [0.3, 0.4) is 0 Å². The molecular weight excluding hydrogens is 364 g/mol. The molecule has 0 amide bonds. The van der Waals surface area contributed by atoms with Crippen molar-refractivity contribution in [2.45, 2.75) is 110 Å². The van der Waals surface area contributed by atoms with E-state index in [9.17, 15) is 0 Å². The minimum atomic E-state index is 0.322. The zero-order valence-corrected chi connectivity index (χ0v) is 19.5. The minimum absolute atomic E-state index is 0.322. The maximum Gasteiger partial charge on any atom is 0.115 e. The van der Waals surface area contributed by atoms with E-state index >= 15 is 0 Å². The Hall–Kier alpha value is -1.76. The first-order valence-corrected chi connectivity index (χ1v) is 12.6. The molecule has 0 aromatic heterocycles. The zero-order chi connectivity index (χ0) is 21.5. The molecule has 0 aliphatic rings. The van der Waals surface area contributed by atoms with Gasteiger partial charge in [-0.05, 0) is 30.5 Å². The van der Waals surface area contributed by atoms with E-state index in [1.807, 2.05) is 6.07 Å². The fourth-order valence-corrected chi connectivity index (χ4v) is 3.77. The van der Waals surface area contributed by atoms with Gasteiger partial charge in [-0.1, -0.05) is 145 Å². The number of hydrogen-bond acceptors (Lipinski definition) is 1. The van der Waals surface area contributed by atoms with Crippen molar-refractivity contribution < 1.29 is 5.11 Å². The van der Waals surface area contributed by atoms with Gasteiger partial charge in [0.05, 0.1) is 0 Å². The van der Waals surface area contributed by atoms with Gasteiger partial charge in [0.25, 0.3) is 0 Å². The summed E-state index contributed by atoms with van der Waals surface area (Å²) in [5.74, 6) is 0.322. The second kappa shape index (κ2) is 20.5. The highest BCUT2D eigenvalue weighted by Gasteiger charge is 1.95. The molecule has 0 aliphatic heterocycles. The second-order valence-electron chi connectivity index (χ2n) is 8.52. The summed E-state index contributed by atoms with van der Waals surface area (Å²) in [6.45, 7) is 2.29. The molecule has 0 saturated heterocycles. The predicted octanol–water partition coefficient (Wildman–Crippen LogP) is 9.49. The van der Waals surface area contributed by atoms with Gasteiger partial charge in [-0.15, -0.1) is 0 Å². The standard InChI is InChI=1S/C23H40.C6H6O/c1-2-3-4-5-6-7-8-9-10-11-12-13-14-15-17-20-23-21-18-16-19-22-23;7-6-4-2-1-3-5-6/h16,18-19,21-22H,2-15,17,20H2,1H3;1-5,7H. The molecule has 2 aromatic carbocycles. The molecule has 2 rings (SSSR count). The Morgan fingerprint density at radius 3 is 1.20 bits per heavy atom. The number of unbranched alkanes of at least 4 members (excludes halogenated alkanes) is 14. The predicted molar refractivity (Wildman–Crippen MR) is 133 cm³/mol. The summed E-state index contributed by atoms with van der Waals surface area (Å²) in [6, 6.07) is 19.6. The van der Waals surface area contributed by atoms with Crippen molar-refractivity contribution >= 4 is 0 Å². The Morgan fingerprint density at radius 2 is 0.833 bits per heavy atom. The summed E-state index contributed by atoms with van der Waals surface area (Å²) in [7, 11) is 0. The zero-order valence-electron chi connectivity index (χ0n) is 19.5. The molecule has 0 fully saturated rings. The Kier molecular flexibility index (Phi) is 18.0. The SMILES string of the molecule is CCCCCCCCCCCCCCCCCc1ccccc1.Oc1ccccc1. The van der Waals surface area contributed by atoms with E-state index in [0.29, 0.717) is 5.75 Å². The monoisotopic (exact) mass is 410 g/mol. The Morgan fingerprint density at radius 1 is 0.467 bits per heavy atom. The summed E-state index contributed by atoms with van der Waals surface area (Å²) in [5.41, 5.74) is 1.50. The summed E-state index contributed by atoms with van der Waals surface area (Å²) in [6.07, 6.45) is 22.9. The normalized spacial score (nSPS) is 10.4. The average molecular weight is 411 g/mol. The van der Waals surface area contributed by atoms with Gasteiger partial charge in [-0.3, -0.25) is 0 Å². The van der Waals surface area contributed by atoms with Crippen LogP contribution in [-0.4, -0.2) is 5.11 Å². The molecule has 168 valence electrons. The van der Waals surface area contributed by atoms with Crippen molar-refractivity contribution in [3.63, 3.8) is 0 Å². The second-order valence-corrected chi connectivity index (χ2v) is 8.52. The van der Waals surface area contributed by atoms with Crippen LogP contribution in [0.25, 0.3) is 0 Å². The van der Waals surface area contributed by atoms with Crippen LogP contribution in [0.5, 0.6) is 5.75 Å². The maximum absolute atomic E-state index is 8.63. The van der Waals surface area contributed by atoms with Gasteiger partial charge < -0.3 is 5.11 Å². The van der Waals surface area contributed by atoms with Crippen LogP contribution < -0.4 is 0 Å². The fraction of sp³-hybridized carbons (Fsp3) is 0.586. The molecule has 0 heterocycles. The number of para-hydroxylation sites is 1. The lowest BCUT2D eigenvalue weighted by Gasteiger charge is -2.04. The van der Waals surface area contributed by atoms with Crippen LogP contribution in [0, 0.1) is 0 Å². The van der Waals surface area contributed by atoms with Crippen molar-refractivity contribution in [3.05, 3.63) is 66.2 Å².